The monoisotopic (exact) mass is 816 g/mol. The molecule has 0 amide bonds. The molecular weight excluding hydrogens is 755 g/mol. The van der Waals surface area contributed by atoms with E-state index in [1.54, 1.807) is 6.07 Å². The van der Waals surface area contributed by atoms with Crippen LogP contribution in [0.5, 0.6) is 11.5 Å². The van der Waals surface area contributed by atoms with Crippen LogP contribution in [0.4, 0.5) is 5.82 Å². The van der Waals surface area contributed by atoms with E-state index in [0.717, 1.165) is 25.6 Å². The number of phosphoric acid groups is 1. The molecule has 1 unspecified atom stereocenters. The Kier molecular flexibility index (Phi) is 22.3. The molecule has 0 aliphatic carbocycles. The Balaban J connectivity index is 1.44. The summed E-state index contributed by atoms with van der Waals surface area (Å²) >= 11 is 0. The van der Waals surface area contributed by atoms with E-state index in [4.69, 9.17) is 33.7 Å². The molecule has 16 nitrogen and oxygen atoms in total. The number of ether oxygens (including phenoxy) is 4. The molecule has 3 rings (SSSR count). The van der Waals surface area contributed by atoms with Crippen molar-refractivity contribution in [2.24, 2.45) is 0 Å². The maximum Gasteiger partial charge on any atom is 0.472 e. The molecule has 2 heterocycles. The molecule has 0 aliphatic rings. The normalized spacial score (nSPS) is 14.6. The summed E-state index contributed by atoms with van der Waals surface area (Å²) in [6.45, 7) is 1.44. The molecule has 316 valence electrons. The molecule has 17 heteroatoms. The number of anilines is 1. The fourth-order valence-electron chi connectivity index (χ4n) is 6.34. The van der Waals surface area contributed by atoms with Gasteiger partial charge in [0.05, 0.1) is 38.2 Å². The van der Waals surface area contributed by atoms with Gasteiger partial charge < -0.3 is 39.8 Å². The number of hydrogen-bond acceptors (Lipinski definition) is 14. The van der Waals surface area contributed by atoms with Crippen LogP contribution in [-0.4, -0.2) is 81.6 Å². The Hall–Kier alpha value is -3.99. The Morgan fingerprint density at radius 1 is 0.860 bits per heavy atom. The average molecular weight is 817 g/mol. The molecule has 0 aliphatic heterocycles. The van der Waals surface area contributed by atoms with Gasteiger partial charge in [-0.25, -0.2) is 14.1 Å². The largest absolute Gasteiger partial charge is 0.495 e. The van der Waals surface area contributed by atoms with Crippen molar-refractivity contribution in [1.29, 1.82) is 10.5 Å². The van der Waals surface area contributed by atoms with Gasteiger partial charge in [-0.1, -0.05) is 103 Å². The van der Waals surface area contributed by atoms with Crippen molar-refractivity contribution in [2.75, 3.05) is 39.3 Å². The van der Waals surface area contributed by atoms with Gasteiger partial charge in [0.25, 0.3) is 6.26 Å². The second kappa shape index (κ2) is 26.8. The number of hydrogen-bond donors (Lipinski definition) is 4. The van der Waals surface area contributed by atoms with E-state index < -0.39 is 45.5 Å². The predicted octanol–water partition coefficient (Wildman–Crippen LogP) is 7.31. The van der Waals surface area contributed by atoms with Gasteiger partial charge >= 0.3 is 7.82 Å². The highest BCUT2D eigenvalue weighted by Gasteiger charge is 2.35. The van der Waals surface area contributed by atoms with Crippen LogP contribution in [0.25, 0.3) is 5.52 Å². The van der Waals surface area contributed by atoms with E-state index in [0.29, 0.717) is 23.4 Å². The number of benzene rings is 1. The van der Waals surface area contributed by atoms with Gasteiger partial charge in [0, 0.05) is 12.7 Å². The standard InChI is InChI=1S/C40H61N6O10P/c1-3-4-5-6-7-8-9-10-11-12-13-14-15-16-17-18-23-52-26-33(56-32-20-19-31(25-41)36(24-32)51-2)27-54-57(49,50)55-28-37(53-29-42)39(48)38(47)34-21-22-35-40(43)44-30-45-46(34)35/h19-22,24,30,33,37-39,47-48H,3-18,23,26-28H2,1-2H3,(H,49,50)(H2,43,44,45)/t33-,37-,38+,39-/m1/s1. The number of aliphatic hydroxyl groups excluding tert-OH is 2. The smallest absolute Gasteiger partial charge is 0.472 e. The quantitative estimate of drug-likeness (QED) is 0.0274. The summed E-state index contributed by atoms with van der Waals surface area (Å²) in [6, 6.07) is 9.61. The van der Waals surface area contributed by atoms with Crippen LogP contribution in [0.1, 0.15) is 127 Å². The number of phosphoric ester groups is 1. The molecule has 2 aromatic heterocycles. The lowest BCUT2D eigenvalue weighted by Gasteiger charge is -2.25. The number of nitriles is 2. The second-order valence-electron chi connectivity index (χ2n) is 14.0. The molecule has 0 saturated heterocycles. The van der Waals surface area contributed by atoms with Crippen LogP contribution >= 0.6 is 7.82 Å². The molecule has 0 saturated carbocycles. The van der Waals surface area contributed by atoms with E-state index in [2.05, 4.69) is 17.0 Å². The highest BCUT2D eigenvalue weighted by molar-refractivity contribution is 7.47. The molecule has 5 atom stereocenters. The summed E-state index contributed by atoms with van der Waals surface area (Å²) in [5.74, 6) is 0.729. The number of methoxy groups -OCH3 is 1. The predicted molar refractivity (Wildman–Crippen MR) is 213 cm³/mol. The fourth-order valence-corrected chi connectivity index (χ4v) is 7.10. The van der Waals surface area contributed by atoms with Crippen LogP contribution in [0.3, 0.4) is 0 Å². The minimum atomic E-state index is -4.84. The van der Waals surface area contributed by atoms with Crippen molar-refractivity contribution in [2.45, 2.75) is 134 Å². The van der Waals surface area contributed by atoms with Gasteiger partial charge in [0.1, 0.15) is 47.7 Å². The van der Waals surface area contributed by atoms with E-state index in [-0.39, 0.29) is 23.9 Å². The Labute approximate surface area is 336 Å². The lowest BCUT2D eigenvalue weighted by molar-refractivity contribution is -0.0802. The molecule has 0 spiro atoms. The van der Waals surface area contributed by atoms with E-state index >= 15 is 0 Å². The Bertz CT molecular complexity index is 1720. The van der Waals surface area contributed by atoms with Gasteiger partial charge in [-0.2, -0.15) is 15.6 Å². The van der Waals surface area contributed by atoms with Crippen molar-refractivity contribution in [3.05, 3.63) is 47.9 Å². The van der Waals surface area contributed by atoms with Gasteiger partial charge in [-0.15, -0.1) is 0 Å². The van der Waals surface area contributed by atoms with Gasteiger partial charge in [-0.3, -0.25) is 9.05 Å². The Morgan fingerprint density at radius 3 is 2.07 bits per heavy atom. The fraction of sp³-hybridized carbons (Fsp3) is 0.650. The lowest BCUT2D eigenvalue weighted by Crippen LogP contribution is -2.37. The zero-order valence-electron chi connectivity index (χ0n) is 33.4. The first kappa shape index (κ1) is 47.4. The maximum absolute atomic E-state index is 13.0. The zero-order chi connectivity index (χ0) is 41.3. The van der Waals surface area contributed by atoms with Gasteiger partial charge in [0.15, 0.2) is 11.9 Å². The van der Waals surface area contributed by atoms with Crippen molar-refractivity contribution in [3.8, 4) is 23.8 Å². The molecule has 5 N–H and O–H groups in total. The average Bonchev–Trinajstić information content (AvgIpc) is 3.66. The SMILES string of the molecule is CCCCCCCCCCCCCCCCCCOC[C@H](COP(=O)(O)OC[C@@H](OC#N)[C@@H](O)[C@@H](O)c1ccc2c(N)ncnn12)Oc1ccc(C#N)c(OC)c1. The van der Waals surface area contributed by atoms with Crippen molar-refractivity contribution in [3.63, 3.8) is 0 Å². The van der Waals surface area contributed by atoms with Gasteiger partial charge in [-0.05, 0) is 30.7 Å². The van der Waals surface area contributed by atoms with Crippen LogP contribution < -0.4 is 15.2 Å². The third-order valence-corrected chi connectivity index (χ3v) is 10.5. The number of nitrogens with two attached hydrogens (primary N) is 1. The van der Waals surface area contributed by atoms with E-state index in [9.17, 15) is 30.2 Å². The van der Waals surface area contributed by atoms with Gasteiger partial charge in [0.2, 0.25) is 0 Å². The third kappa shape index (κ3) is 17.2. The van der Waals surface area contributed by atoms with Crippen LogP contribution in [0, 0.1) is 22.8 Å². The topological polar surface area (TPSA) is 237 Å². The van der Waals surface area contributed by atoms with Crippen molar-refractivity contribution >= 4 is 19.2 Å². The number of aliphatic hydroxyl groups is 2. The molecule has 0 radical (unpaired) electrons. The number of fused-ring (bicyclic) bond motifs is 1. The van der Waals surface area contributed by atoms with Crippen molar-refractivity contribution < 1.29 is 47.7 Å². The first-order chi connectivity index (χ1) is 27.6. The summed E-state index contributed by atoms with van der Waals surface area (Å²) in [7, 11) is -3.42. The number of nitrogen functional groups attached to an aromatic ring is 1. The number of nitrogens with zero attached hydrogens (tertiary/aromatic N) is 5. The third-order valence-electron chi connectivity index (χ3n) is 9.59. The minimum absolute atomic E-state index is 0.00543. The lowest BCUT2D eigenvalue weighted by atomic mass is 10.0. The number of unbranched alkanes of at least 4 members (excludes halogenated alkanes) is 15. The molecule has 3 aromatic rings. The van der Waals surface area contributed by atoms with E-state index in [1.165, 1.54) is 126 Å². The summed E-state index contributed by atoms with van der Waals surface area (Å²) in [5.41, 5.74) is 6.61. The minimum Gasteiger partial charge on any atom is -0.495 e. The first-order valence-electron chi connectivity index (χ1n) is 20.1. The van der Waals surface area contributed by atoms with E-state index in [1.807, 2.05) is 6.07 Å². The van der Waals surface area contributed by atoms with Crippen molar-refractivity contribution in [1.82, 2.24) is 14.6 Å². The molecule has 57 heavy (non-hydrogen) atoms. The van der Waals surface area contributed by atoms with Crippen LogP contribution in [0.15, 0.2) is 36.7 Å². The van der Waals surface area contributed by atoms with Crippen LogP contribution in [0.2, 0.25) is 0 Å². The number of rotatable bonds is 32. The van der Waals surface area contributed by atoms with Crippen LogP contribution in [-0.2, 0) is 23.1 Å². The summed E-state index contributed by atoms with van der Waals surface area (Å²) < 4.78 is 46.6. The first-order valence-corrected chi connectivity index (χ1v) is 21.6. The highest BCUT2D eigenvalue weighted by atomic mass is 31.2. The molecule has 0 fully saturated rings. The maximum atomic E-state index is 13.0. The second-order valence-corrected chi connectivity index (χ2v) is 15.5. The molecule has 1 aromatic carbocycles. The summed E-state index contributed by atoms with van der Waals surface area (Å²) in [6.07, 6.45) is 16.8. The summed E-state index contributed by atoms with van der Waals surface area (Å²) in [4.78, 5) is 14.4. The Morgan fingerprint density at radius 2 is 1.47 bits per heavy atom. The zero-order valence-corrected chi connectivity index (χ0v) is 34.3. The molecule has 0 bridgehead atoms. The molecular formula is C40H61N6O10P. The summed E-state index contributed by atoms with van der Waals surface area (Å²) in [5, 5.41) is 44.3. The highest BCUT2D eigenvalue weighted by Crippen LogP contribution is 2.44. The number of aromatic nitrogens is 3.